The lowest BCUT2D eigenvalue weighted by Gasteiger charge is -2.35. The quantitative estimate of drug-likeness (QED) is 0.133. The monoisotopic (exact) mass is 621 g/mol. The lowest BCUT2D eigenvalue weighted by molar-refractivity contribution is -0.133. The van der Waals surface area contributed by atoms with E-state index in [1.807, 2.05) is 0 Å². The van der Waals surface area contributed by atoms with E-state index in [0.29, 0.717) is 37.3 Å². The van der Waals surface area contributed by atoms with Crippen LogP contribution in [0.5, 0.6) is 0 Å². The summed E-state index contributed by atoms with van der Waals surface area (Å²) in [5.74, 6) is 0.281. The summed E-state index contributed by atoms with van der Waals surface area (Å²) in [5, 5.41) is 2.76. The number of piperazine rings is 1. The Morgan fingerprint density at radius 3 is 1.98 bits per heavy atom. The number of nitrogens with one attached hydrogen (secondary N) is 1. The minimum atomic E-state index is -0.0298. The summed E-state index contributed by atoms with van der Waals surface area (Å²) >= 11 is 0. The van der Waals surface area contributed by atoms with Crippen LogP contribution in [-0.4, -0.2) is 97.4 Å². The molecule has 9 nitrogen and oxygen atoms in total. The number of nitrogens with two attached hydrogens (primary N) is 2. The van der Waals surface area contributed by atoms with Crippen LogP contribution in [0.3, 0.4) is 0 Å². The molecular formula is C35H68N6O3. The van der Waals surface area contributed by atoms with Gasteiger partial charge in [-0.15, -0.1) is 0 Å². The van der Waals surface area contributed by atoms with Crippen LogP contribution in [0.1, 0.15) is 136 Å². The zero-order valence-electron chi connectivity index (χ0n) is 28.6. The highest BCUT2D eigenvalue weighted by molar-refractivity contribution is 5.84. The number of unbranched alkanes of at least 4 members (excludes halogenated alkanes) is 9. The molecule has 2 unspecified atom stereocenters. The van der Waals surface area contributed by atoms with E-state index in [2.05, 4.69) is 29.0 Å². The summed E-state index contributed by atoms with van der Waals surface area (Å²) in [4.78, 5) is 43.2. The van der Waals surface area contributed by atoms with E-state index in [9.17, 15) is 14.4 Å². The van der Waals surface area contributed by atoms with Crippen LogP contribution >= 0.6 is 0 Å². The summed E-state index contributed by atoms with van der Waals surface area (Å²) in [5.41, 5.74) is 12.4. The zero-order chi connectivity index (χ0) is 32.0. The molecule has 44 heavy (non-hydrogen) atoms. The van der Waals surface area contributed by atoms with Crippen molar-refractivity contribution in [3.63, 3.8) is 0 Å². The summed E-state index contributed by atoms with van der Waals surface area (Å²) in [6.07, 6.45) is 20.8. The first-order valence-corrected chi connectivity index (χ1v) is 18.3. The summed E-state index contributed by atoms with van der Waals surface area (Å²) in [7, 11) is 0. The van der Waals surface area contributed by atoms with Crippen molar-refractivity contribution in [2.45, 2.75) is 142 Å². The lowest BCUT2D eigenvalue weighted by atomic mass is 9.75. The molecule has 5 N–H and O–H groups in total. The molecular weight excluding hydrogens is 552 g/mol. The maximum absolute atomic E-state index is 12.8. The number of nitrogens with zero attached hydrogens (tertiary/aromatic N) is 3. The van der Waals surface area contributed by atoms with Gasteiger partial charge in [0.2, 0.25) is 17.7 Å². The van der Waals surface area contributed by atoms with Crippen LogP contribution < -0.4 is 16.8 Å². The molecule has 0 aromatic rings. The van der Waals surface area contributed by atoms with Gasteiger partial charge in [-0.1, -0.05) is 78.1 Å². The van der Waals surface area contributed by atoms with E-state index in [0.717, 1.165) is 77.8 Å². The summed E-state index contributed by atoms with van der Waals surface area (Å²) < 4.78 is 0. The Morgan fingerprint density at radius 2 is 1.34 bits per heavy atom. The molecule has 2 rings (SSSR count). The number of likely N-dealkylation sites (tertiary alicyclic amines) is 1. The van der Waals surface area contributed by atoms with Gasteiger partial charge in [0.05, 0.1) is 6.54 Å². The number of carbonyl (C=O) groups is 3. The molecule has 2 aliphatic rings. The highest BCUT2D eigenvalue weighted by Crippen LogP contribution is 2.35. The summed E-state index contributed by atoms with van der Waals surface area (Å²) in [6.45, 7) is 11.6. The van der Waals surface area contributed by atoms with Gasteiger partial charge in [-0.25, -0.2) is 0 Å². The van der Waals surface area contributed by atoms with Crippen molar-refractivity contribution in [3.8, 4) is 0 Å². The molecule has 2 aliphatic heterocycles. The van der Waals surface area contributed by atoms with Gasteiger partial charge in [-0.3, -0.25) is 19.3 Å². The standard InChI is InChI=1S/C35H68N6O3/c1-3-5-20-35(30-36,19-4-2)21-14-11-13-17-33(43)40-26-24-39(25-27-40)22-15-10-8-6-7-9-12-16-32(42)38-28-34(44)41-23-18-31(37)29-41/h31H,3-30,36-37H2,1-2H3,(H,38,42). The third kappa shape index (κ3) is 15.5. The Balaban J connectivity index is 1.41. The molecule has 3 amide bonds. The van der Waals surface area contributed by atoms with Gasteiger partial charge in [0.1, 0.15) is 0 Å². The molecule has 2 saturated heterocycles. The predicted molar refractivity (Wildman–Crippen MR) is 181 cm³/mol. The molecule has 2 fully saturated rings. The third-order valence-corrected chi connectivity index (χ3v) is 9.99. The van der Waals surface area contributed by atoms with Crippen molar-refractivity contribution < 1.29 is 14.4 Å². The number of hydrogen-bond acceptors (Lipinski definition) is 6. The largest absolute Gasteiger partial charge is 0.347 e. The molecule has 0 saturated carbocycles. The maximum atomic E-state index is 12.8. The Kier molecular flexibility index (Phi) is 19.9. The molecule has 0 bridgehead atoms. The van der Waals surface area contributed by atoms with Crippen molar-refractivity contribution in [2.75, 3.05) is 58.9 Å². The Morgan fingerprint density at radius 1 is 0.705 bits per heavy atom. The fraction of sp³-hybridized carbons (Fsp3) is 0.914. The van der Waals surface area contributed by atoms with E-state index in [4.69, 9.17) is 11.5 Å². The average Bonchev–Trinajstić information content (AvgIpc) is 3.47. The van der Waals surface area contributed by atoms with Gasteiger partial charge in [0, 0.05) is 58.2 Å². The summed E-state index contributed by atoms with van der Waals surface area (Å²) in [6, 6.07) is 0.0712. The first-order valence-electron chi connectivity index (χ1n) is 18.3. The number of amides is 3. The van der Waals surface area contributed by atoms with Crippen LogP contribution in [-0.2, 0) is 14.4 Å². The van der Waals surface area contributed by atoms with Crippen molar-refractivity contribution in [2.24, 2.45) is 16.9 Å². The van der Waals surface area contributed by atoms with Crippen molar-refractivity contribution in [1.29, 1.82) is 0 Å². The Labute approximate surface area is 269 Å². The fourth-order valence-electron chi connectivity index (χ4n) is 6.99. The molecule has 9 heteroatoms. The van der Waals surface area contributed by atoms with Gasteiger partial charge in [-0.2, -0.15) is 0 Å². The third-order valence-electron chi connectivity index (χ3n) is 9.99. The molecule has 2 heterocycles. The average molecular weight is 621 g/mol. The second-order valence-electron chi connectivity index (χ2n) is 13.7. The van der Waals surface area contributed by atoms with Crippen molar-refractivity contribution >= 4 is 17.7 Å². The van der Waals surface area contributed by atoms with Crippen LogP contribution in [0.15, 0.2) is 0 Å². The smallest absolute Gasteiger partial charge is 0.242 e. The minimum Gasteiger partial charge on any atom is -0.347 e. The van der Waals surface area contributed by atoms with E-state index in [1.165, 1.54) is 70.6 Å². The number of carbonyl (C=O) groups excluding carboxylic acids is 3. The number of rotatable bonds is 24. The fourth-order valence-corrected chi connectivity index (χ4v) is 6.99. The molecule has 0 aromatic heterocycles. The predicted octanol–water partition coefficient (Wildman–Crippen LogP) is 4.81. The van der Waals surface area contributed by atoms with Crippen LogP contribution in [0, 0.1) is 5.41 Å². The molecule has 0 aromatic carbocycles. The van der Waals surface area contributed by atoms with E-state index >= 15 is 0 Å². The van der Waals surface area contributed by atoms with Crippen LogP contribution in [0.4, 0.5) is 0 Å². The molecule has 256 valence electrons. The highest BCUT2D eigenvalue weighted by atomic mass is 16.2. The lowest BCUT2D eigenvalue weighted by Crippen LogP contribution is -2.48. The van der Waals surface area contributed by atoms with Crippen molar-refractivity contribution in [3.05, 3.63) is 0 Å². The molecule has 2 atom stereocenters. The van der Waals surface area contributed by atoms with Gasteiger partial charge in [0.25, 0.3) is 0 Å². The second kappa shape index (κ2) is 22.7. The van der Waals surface area contributed by atoms with Gasteiger partial charge < -0.3 is 26.6 Å². The maximum Gasteiger partial charge on any atom is 0.242 e. The normalized spacial score (nSPS) is 18.9. The van der Waals surface area contributed by atoms with E-state index in [1.54, 1.807) is 4.90 Å². The van der Waals surface area contributed by atoms with Gasteiger partial charge >= 0.3 is 0 Å². The molecule has 0 spiro atoms. The SMILES string of the molecule is CCCCC(CN)(CCC)CCCCCC(=O)N1CCN(CCCCCCCCCC(=O)NCC(=O)N2CCC(N)C2)CC1. The zero-order valence-corrected chi connectivity index (χ0v) is 28.6. The molecule has 0 aliphatic carbocycles. The minimum absolute atomic E-state index is 0.0295. The first kappa shape index (κ1) is 38.5. The van der Waals surface area contributed by atoms with E-state index < -0.39 is 0 Å². The topological polar surface area (TPSA) is 125 Å². The van der Waals surface area contributed by atoms with Crippen LogP contribution in [0.2, 0.25) is 0 Å². The van der Waals surface area contributed by atoms with Crippen molar-refractivity contribution in [1.82, 2.24) is 20.0 Å². The Hall–Kier alpha value is -1.71. The van der Waals surface area contributed by atoms with E-state index in [-0.39, 0.29) is 24.4 Å². The molecule has 0 radical (unpaired) electrons. The first-order chi connectivity index (χ1) is 21.3. The second-order valence-corrected chi connectivity index (χ2v) is 13.7. The Bertz CT molecular complexity index is 803. The highest BCUT2D eigenvalue weighted by Gasteiger charge is 2.27. The number of hydrogen-bond donors (Lipinski definition) is 3. The van der Waals surface area contributed by atoms with Gasteiger partial charge in [0.15, 0.2) is 0 Å². The van der Waals surface area contributed by atoms with Gasteiger partial charge in [-0.05, 0) is 63.5 Å². The van der Waals surface area contributed by atoms with Crippen LogP contribution in [0.25, 0.3) is 0 Å².